The van der Waals surface area contributed by atoms with Crippen molar-refractivity contribution in [3.63, 3.8) is 0 Å². The van der Waals surface area contributed by atoms with Gasteiger partial charge in [0, 0.05) is 26.7 Å². The Balaban J connectivity index is 2.32. The van der Waals surface area contributed by atoms with E-state index < -0.39 is 12.0 Å². The van der Waals surface area contributed by atoms with Gasteiger partial charge in [0.2, 0.25) is 0 Å². The topological polar surface area (TPSA) is 61.8 Å². The number of carboxylic acid groups (broad SMARTS) is 1. The van der Waals surface area contributed by atoms with Crippen LogP contribution in [-0.2, 0) is 9.53 Å². The van der Waals surface area contributed by atoms with Gasteiger partial charge in [0.25, 0.3) is 0 Å². The first-order chi connectivity index (χ1) is 8.17. The van der Waals surface area contributed by atoms with E-state index in [2.05, 4.69) is 10.2 Å². The van der Waals surface area contributed by atoms with Gasteiger partial charge >= 0.3 is 5.97 Å². The quantitative estimate of drug-likeness (QED) is 0.685. The molecule has 5 nitrogen and oxygen atoms in total. The molecule has 1 fully saturated rings. The van der Waals surface area contributed by atoms with E-state index in [1.165, 1.54) is 0 Å². The first kappa shape index (κ1) is 14.4. The average molecular weight is 244 g/mol. The average Bonchev–Trinajstić information content (AvgIpc) is 2.35. The molecule has 1 heterocycles. The Bertz CT molecular complexity index is 228. The number of hydrogen-bond donors (Lipinski definition) is 2. The van der Waals surface area contributed by atoms with Crippen LogP contribution in [0.1, 0.15) is 26.2 Å². The van der Waals surface area contributed by atoms with Gasteiger partial charge in [-0.25, -0.2) is 0 Å². The van der Waals surface area contributed by atoms with E-state index in [1.807, 2.05) is 6.92 Å². The van der Waals surface area contributed by atoms with Crippen LogP contribution in [-0.4, -0.2) is 61.4 Å². The summed E-state index contributed by atoms with van der Waals surface area (Å²) in [6, 6.07) is -0.450. The van der Waals surface area contributed by atoms with E-state index in [-0.39, 0.29) is 0 Å². The van der Waals surface area contributed by atoms with Crippen molar-refractivity contribution in [1.82, 2.24) is 10.2 Å². The number of carboxylic acids is 1. The monoisotopic (exact) mass is 244 g/mol. The maximum absolute atomic E-state index is 11.1. The van der Waals surface area contributed by atoms with Crippen molar-refractivity contribution in [2.45, 2.75) is 38.3 Å². The van der Waals surface area contributed by atoms with Gasteiger partial charge in [0.1, 0.15) is 6.04 Å². The van der Waals surface area contributed by atoms with Crippen LogP contribution in [0.5, 0.6) is 0 Å². The summed E-state index contributed by atoms with van der Waals surface area (Å²) in [7, 11) is 1.74. The van der Waals surface area contributed by atoms with E-state index in [0.717, 1.165) is 38.9 Å². The van der Waals surface area contributed by atoms with Crippen molar-refractivity contribution in [3.8, 4) is 0 Å². The van der Waals surface area contributed by atoms with Crippen molar-refractivity contribution in [1.29, 1.82) is 0 Å². The lowest BCUT2D eigenvalue weighted by Crippen LogP contribution is -2.49. The summed E-state index contributed by atoms with van der Waals surface area (Å²) in [5, 5.41) is 12.2. The van der Waals surface area contributed by atoms with Gasteiger partial charge < -0.3 is 20.1 Å². The molecule has 0 amide bonds. The van der Waals surface area contributed by atoms with E-state index in [0.29, 0.717) is 12.6 Å². The predicted octanol–water partition coefficient (Wildman–Crippen LogP) is 0.550. The molecule has 0 aliphatic carbocycles. The highest BCUT2D eigenvalue weighted by atomic mass is 16.5. The van der Waals surface area contributed by atoms with Crippen LogP contribution >= 0.6 is 0 Å². The Morgan fingerprint density at radius 1 is 1.53 bits per heavy atom. The fraction of sp³-hybridized carbons (Fsp3) is 0.917. The molecule has 1 saturated heterocycles. The molecular weight excluding hydrogens is 220 g/mol. The highest BCUT2D eigenvalue weighted by Gasteiger charge is 2.24. The van der Waals surface area contributed by atoms with E-state index in [9.17, 15) is 4.79 Å². The highest BCUT2D eigenvalue weighted by molar-refractivity contribution is 5.73. The fourth-order valence-corrected chi connectivity index (χ4v) is 2.13. The van der Waals surface area contributed by atoms with Crippen LogP contribution in [0, 0.1) is 0 Å². The Labute approximate surface area is 103 Å². The Kier molecular flexibility index (Phi) is 6.47. The van der Waals surface area contributed by atoms with Gasteiger partial charge in [-0.15, -0.1) is 0 Å². The molecule has 0 spiro atoms. The molecule has 1 aliphatic heterocycles. The number of aliphatic carboxylic acids is 1. The lowest BCUT2D eigenvalue weighted by molar-refractivity contribution is -0.140. The Morgan fingerprint density at radius 3 is 2.65 bits per heavy atom. The molecule has 0 aromatic carbocycles. The zero-order chi connectivity index (χ0) is 12.7. The molecule has 17 heavy (non-hydrogen) atoms. The van der Waals surface area contributed by atoms with Crippen LogP contribution in [0.2, 0.25) is 0 Å². The summed E-state index contributed by atoms with van der Waals surface area (Å²) in [6.07, 6.45) is 3.29. The third-order valence-electron chi connectivity index (χ3n) is 3.25. The summed E-state index contributed by atoms with van der Waals surface area (Å²) >= 11 is 0. The number of likely N-dealkylation sites (tertiary alicyclic amines) is 1. The summed E-state index contributed by atoms with van der Waals surface area (Å²) in [5.41, 5.74) is 0. The molecule has 5 heteroatoms. The van der Waals surface area contributed by atoms with E-state index >= 15 is 0 Å². The number of hydrogen-bond acceptors (Lipinski definition) is 4. The molecule has 1 unspecified atom stereocenters. The SMILES string of the molecule is CCCNC(CN1CCC(OC)CC1)C(=O)O. The number of ether oxygens (including phenoxy) is 1. The van der Waals surface area contributed by atoms with E-state index in [1.54, 1.807) is 7.11 Å². The van der Waals surface area contributed by atoms with Gasteiger partial charge in [-0.3, -0.25) is 4.79 Å². The van der Waals surface area contributed by atoms with Crippen LogP contribution in [0.25, 0.3) is 0 Å². The second kappa shape index (κ2) is 7.63. The largest absolute Gasteiger partial charge is 0.480 e. The lowest BCUT2D eigenvalue weighted by atomic mass is 10.1. The van der Waals surface area contributed by atoms with Crippen molar-refractivity contribution >= 4 is 5.97 Å². The molecule has 0 bridgehead atoms. The normalized spacial score (nSPS) is 20.4. The zero-order valence-electron chi connectivity index (χ0n) is 10.8. The minimum atomic E-state index is -0.757. The molecule has 0 radical (unpaired) electrons. The summed E-state index contributed by atoms with van der Waals surface area (Å²) in [5.74, 6) is -0.757. The zero-order valence-corrected chi connectivity index (χ0v) is 10.8. The van der Waals surface area contributed by atoms with Crippen molar-refractivity contribution in [2.75, 3.05) is 33.3 Å². The summed E-state index contributed by atoms with van der Waals surface area (Å²) < 4.78 is 5.30. The van der Waals surface area contributed by atoms with Crippen LogP contribution in [0.4, 0.5) is 0 Å². The second-order valence-corrected chi connectivity index (χ2v) is 4.58. The molecule has 0 aromatic rings. The molecule has 1 atom stereocenters. The smallest absolute Gasteiger partial charge is 0.322 e. The van der Waals surface area contributed by atoms with Gasteiger partial charge in [-0.05, 0) is 25.8 Å². The highest BCUT2D eigenvalue weighted by Crippen LogP contribution is 2.12. The third kappa shape index (κ3) is 5.02. The van der Waals surface area contributed by atoms with Gasteiger partial charge in [-0.1, -0.05) is 6.92 Å². The predicted molar refractivity (Wildman–Crippen MR) is 66.2 cm³/mol. The maximum Gasteiger partial charge on any atom is 0.322 e. The lowest BCUT2D eigenvalue weighted by Gasteiger charge is -2.32. The molecule has 0 saturated carbocycles. The van der Waals surface area contributed by atoms with Gasteiger partial charge in [-0.2, -0.15) is 0 Å². The summed E-state index contributed by atoms with van der Waals surface area (Å²) in [6.45, 7) is 5.24. The molecular formula is C12H24N2O3. The van der Waals surface area contributed by atoms with Gasteiger partial charge in [0.05, 0.1) is 6.10 Å². The number of carbonyl (C=O) groups is 1. The first-order valence-electron chi connectivity index (χ1n) is 6.38. The molecule has 1 rings (SSSR count). The molecule has 2 N–H and O–H groups in total. The summed E-state index contributed by atoms with van der Waals surface area (Å²) in [4.78, 5) is 13.3. The Hall–Kier alpha value is -0.650. The maximum atomic E-state index is 11.1. The van der Waals surface area contributed by atoms with Crippen LogP contribution in [0.3, 0.4) is 0 Å². The van der Waals surface area contributed by atoms with Crippen molar-refractivity contribution in [3.05, 3.63) is 0 Å². The standard InChI is InChI=1S/C12H24N2O3/c1-3-6-13-11(12(15)16)9-14-7-4-10(17-2)5-8-14/h10-11,13H,3-9H2,1-2H3,(H,15,16). The minimum absolute atomic E-state index is 0.345. The molecule has 1 aliphatic rings. The minimum Gasteiger partial charge on any atom is -0.480 e. The Morgan fingerprint density at radius 2 is 2.18 bits per heavy atom. The number of nitrogens with one attached hydrogen (secondary N) is 1. The van der Waals surface area contributed by atoms with Gasteiger partial charge in [0.15, 0.2) is 0 Å². The second-order valence-electron chi connectivity index (χ2n) is 4.58. The first-order valence-corrected chi connectivity index (χ1v) is 6.38. The number of methoxy groups -OCH3 is 1. The van der Waals surface area contributed by atoms with Crippen molar-refractivity contribution in [2.24, 2.45) is 0 Å². The number of rotatable bonds is 7. The molecule has 100 valence electrons. The van der Waals surface area contributed by atoms with Crippen LogP contribution in [0.15, 0.2) is 0 Å². The van der Waals surface area contributed by atoms with E-state index in [4.69, 9.17) is 9.84 Å². The number of nitrogens with zero attached hydrogens (tertiary/aromatic N) is 1. The van der Waals surface area contributed by atoms with Crippen molar-refractivity contribution < 1.29 is 14.6 Å². The third-order valence-corrected chi connectivity index (χ3v) is 3.25. The fourth-order valence-electron chi connectivity index (χ4n) is 2.13. The van der Waals surface area contributed by atoms with Crippen LogP contribution < -0.4 is 5.32 Å². The number of piperidine rings is 1. The molecule has 0 aromatic heterocycles.